The van der Waals surface area contributed by atoms with Crippen LogP contribution in [-0.4, -0.2) is 44.5 Å². The summed E-state index contributed by atoms with van der Waals surface area (Å²) in [6.45, 7) is 6.03. The number of anilines is 1. The Morgan fingerprint density at radius 2 is 1.90 bits per heavy atom. The van der Waals surface area contributed by atoms with E-state index in [2.05, 4.69) is 27.6 Å². The number of H-pyrrole nitrogens is 1. The maximum Gasteiger partial charge on any atom is 0.293 e. The van der Waals surface area contributed by atoms with Crippen molar-refractivity contribution in [3.63, 3.8) is 0 Å². The van der Waals surface area contributed by atoms with Gasteiger partial charge in [-0.3, -0.25) is 5.32 Å². The predicted molar refractivity (Wildman–Crippen MR) is 81.1 cm³/mol. The molecule has 1 aliphatic rings. The number of quaternary nitrogens is 1. The first-order valence-electron chi connectivity index (χ1n) is 7.51. The van der Waals surface area contributed by atoms with Crippen molar-refractivity contribution >= 4 is 5.82 Å². The average Bonchev–Trinajstić information content (AvgIpc) is 2.57. The van der Waals surface area contributed by atoms with Crippen LogP contribution < -0.4 is 15.3 Å². The molecule has 1 aromatic carbocycles. The Morgan fingerprint density at radius 1 is 1.10 bits per heavy atom. The summed E-state index contributed by atoms with van der Waals surface area (Å²) in [5.74, 6) is 0.961. The highest BCUT2D eigenvalue weighted by Crippen LogP contribution is 2.14. The average molecular weight is 286 g/mol. The molecule has 5 heteroatoms. The van der Waals surface area contributed by atoms with E-state index in [-0.39, 0.29) is 0 Å². The second-order valence-electron chi connectivity index (χ2n) is 5.26. The van der Waals surface area contributed by atoms with Gasteiger partial charge in [-0.1, -0.05) is 35.4 Å². The number of hydrogen-bond acceptors (Lipinski definition) is 3. The molecule has 0 unspecified atom stereocenters. The Labute approximate surface area is 125 Å². The first kappa shape index (κ1) is 14.0. The molecule has 110 valence electrons. The largest absolute Gasteiger partial charge is 0.370 e. The van der Waals surface area contributed by atoms with Crippen LogP contribution in [0.5, 0.6) is 0 Å². The predicted octanol–water partition coefficient (Wildman–Crippen LogP) is -0.110. The normalized spacial score (nSPS) is 15.8. The van der Waals surface area contributed by atoms with Crippen molar-refractivity contribution in [2.45, 2.75) is 0 Å². The van der Waals surface area contributed by atoms with Crippen LogP contribution in [0.3, 0.4) is 0 Å². The summed E-state index contributed by atoms with van der Waals surface area (Å²) in [4.78, 5) is 1.60. The molecular formula is C16H22N4O+2. The summed E-state index contributed by atoms with van der Waals surface area (Å²) in [6, 6.07) is 14.3. The van der Waals surface area contributed by atoms with E-state index in [0.717, 1.165) is 56.5 Å². The minimum atomic E-state index is 0.884. The van der Waals surface area contributed by atoms with Crippen molar-refractivity contribution in [2.75, 3.05) is 44.7 Å². The van der Waals surface area contributed by atoms with Gasteiger partial charge in [-0.15, -0.1) is 5.10 Å². The molecule has 0 bridgehead atoms. The fourth-order valence-corrected chi connectivity index (χ4v) is 2.51. The highest BCUT2D eigenvalue weighted by molar-refractivity contribution is 5.58. The van der Waals surface area contributed by atoms with Gasteiger partial charge in [0.1, 0.15) is 31.9 Å². The molecule has 2 aromatic rings. The van der Waals surface area contributed by atoms with Gasteiger partial charge >= 0.3 is 0 Å². The zero-order chi connectivity index (χ0) is 14.3. The number of rotatable bonds is 5. The molecule has 3 rings (SSSR count). The minimum Gasteiger partial charge on any atom is -0.370 e. The summed E-state index contributed by atoms with van der Waals surface area (Å²) in [7, 11) is 0. The van der Waals surface area contributed by atoms with Gasteiger partial charge in [0, 0.05) is 11.6 Å². The first-order valence-corrected chi connectivity index (χ1v) is 7.51. The van der Waals surface area contributed by atoms with Crippen LogP contribution in [0.25, 0.3) is 11.3 Å². The molecule has 1 saturated heterocycles. The molecule has 0 spiro atoms. The Hall–Kier alpha value is -1.98. The fourth-order valence-electron chi connectivity index (χ4n) is 2.51. The van der Waals surface area contributed by atoms with Crippen LogP contribution in [-0.2, 0) is 4.74 Å². The molecule has 0 radical (unpaired) electrons. The number of nitrogens with zero attached hydrogens (tertiary/aromatic N) is 1. The Balaban J connectivity index is 1.50. The number of aromatic amines is 1. The van der Waals surface area contributed by atoms with Crippen LogP contribution in [0.4, 0.5) is 5.82 Å². The number of ether oxygens (including phenoxy) is 1. The summed E-state index contributed by atoms with van der Waals surface area (Å²) in [5.41, 5.74) is 2.08. The monoisotopic (exact) mass is 286 g/mol. The number of benzene rings is 1. The van der Waals surface area contributed by atoms with E-state index in [9.17, 15) is 0 Å². The SMILES string of the molecule is c1ccc(-c2ccc(NCC[NH+]3CCOCC3)[nH+]n2)cc1. The van der Waals surface area contributed by atoms with E-state index in [1.54, 1.807) is 4.90 Å². The molecule has 3 N–H and O–H groups in total. The van der Waals surface area contributed by atoms with Gasteiger partial charge < -0.3 is 9.64 Å². The lowest BCUT2D eigenvalue weighted by atomic mass is 10.1. The van der Waals surface area contributed by atoms with E-state index in [4.69, 9.17) is 4.74 Å². The van der Waals surface area contributed by atoms with Crippen molar-refractivity contribution in [3.8, 4) is 11.3 Å². The first-order chi connectivity index (χ1) is 10.4. The lowest BCUT2D eigenvalue weighted by molar-refractivity contribution is -0.906. The smallest absolute Gasteiger partial charge is 0.293 e. The highest BCUT2D eigenvalue weighted by atomic mass is 16.5. The molecule has 1 aliphatic heterocycles. The highest BCUT2D eigenvalue weighted by Gasteiger charge is 2.14. The summed E-state index contributed by atoms with van der Waals surface area (Å²) in [6.07, 6.45) is 0. The van der Waals surface area contributed by atoms with Gasteiger partial charge in [0.25, 0.3) is 5.82 Å². The van der Waals surface area contributed by atoms with Crippen LogP contribution in [0.15, 0.2) is 42.5 Å². The topological polar surface area (TPSA) is 52.7 Å². The van der Waals surface area contributed by atoms with Crippen LogP contribution in [0.1, 0.15) is 0 Å². The lowest BCUT2D eigenvalue weighted by Gasteiger charge is -2.22. The van der Waals surface area contributed by atoms with Crippen molar-refractivity contribution < 1.29 is 14.7 Å². The zero-order valence-electron chi connectivity index (χ0n) is 12.1. The van der Waals surface area contributed by atoms with Crippen LogP contribution in [0, 0.1) is 0 Å². The number of hydrogen-bond donors (Lipinski definition) is 2. The third kappa shape index (κ3) is 4.00. The van der Waals surface area contributed by atoms with Crippen molar-refractivity contribution in [1.82, 2.24) is 5.10 Å². The minimum absolute atomic E-state index is 0.884. The molecule has 0 amide bonds. The zero-order valence-corrected chi connectivity index (χ0v) is 12.1. The molecule has 5 nitrogen and oxygen atoms in total. The van der Waals surface area contributed by atoms with E-state index < -0.39 is 0 Å². The molecule has 1 fully saturated rings. The molecule has 2 heterocycles. The second-order valence-corrected chi connectivity index (χ2v) is 5.26. The van der Waals surface area contributed by atoms with Gasteiger partial charge in [-0.2, -0.15) is 0 Å². The Bertz CT molecular complexity index is 538. The quantitative estimate of drug-likeness (QED) is 0.806. The summed E-state index contributed by atoms with van der Waals surface area (Å²) >= 11 is 0. The fraction of sp³-hybridized carbons (Fsp3) is 0.375. The lowest BCUT2D eigenvalue weighted by Crippen LogP contribution is -3.14. The van der Waals surface area contributed by atoms with Crippen LogP contribution in [0.2, 0.25) is 0 Å². The van der Waals surface area contributed by atoms with Gasteiger partial charge in [0.05, 0.1) is 13.2 Å². The third-order valence-corrected chi connectivity index (χ3v) is 3.77. The van der Waals surface area contributed by atoms with Crippen molar-refractivity contribution in [1.29, 1.82) is 0 Å². The molecule has 0 aliphatic carbocycles. The van der Waals surface area contributed by atoms with Gasteiger partial charge in [0.15, 0.2) is 0 Å². The standard InChI is InChI=1S/C16H20N4O/c1-2-4-14(5-3-1)15-6-7-16(19-18-15)17-8-9-20-10-12-21-13-11-20/h1-7H,8-13H2,(H,17,19)/p+2. The number of morpholine rings is 1. The number of nitrogens with one attached hydrogen (secondary N) is 3. The Kier molecular flexibility index (Phi) is 4.76. The molecule has 0 atom stereocenters. The van der Waals surface area contributed by atoms with E-state index >= 15 is 0 Å². The van der Waals surface area contributed by atoms with E-state index in [0.29, 0.717) is 0 Å². The van der Waals surface area contributed by atoms with Crippen molar-refractivity contribution in [2.24, 2.45) is 0 Å². The van der Waals surface area contributed by atoms with Gasteiger partial charge in [0.2, 0.25) is 0 Å². The van der Waals surface area contributed by atoms with E-state index in [1.165, 1.54) is 0 Å². The van der Waals surface area contributed by atoms with Crippen molar-refractivity contribution in [3.05, 3.63) is 42.5 Å². The number of aromatic nitrogens is 2. The maximum atomic E-state index is 5.36. The van der Waals surface area contributed by atoms with E-state index in [1.807, 2.05) is 30.3 Å². The summed E-state index contributed by atoms with van der Waals surface area (Å²) in [5, 5.41) is 10.9. The second kappa shape index (κ2) is 7.15. The third-order valence-electron chi connectivity index (χ3n) is 3.77. The Morgan fingerprint density at radius 3 is 2.62 bits per heavy atom. The molecule has 0 saturated carbocycles. The molecule has 21 heavy (non-hydrogen) atoms. The van der Waals surface area contributed by atoms with Gasteiger partial charge in [-0.05, 0) is 6.07 Å². The van der Waals surface area contributed by atoms with Gasteiger partial charge in [-0.25, -0.2) is 0 Å². The summed E-state index contributed by atoms with van der Waals surface area (Å²) < 4.78 is 5.36. The van der Waals surface area contributed by atoms with Crippen LogP contribution >= 0.6 is 0 Å². The molecular weight excluding hydrogens is 264 g/mol. The maximum absolute atomic E-state index is 5.36. The molecule has 1 aromatic heterocycles.